The van der Waals surface area contributed by atoms with Gasteiger partial charge in [0.05, 0.1) is 32.4 Å². The third-order valence-electron chi connectivity index (χ3n) is 4.95. The van der Waals surface area contributed by atoms with Crippen LogP contribution < -0.4 is 10.6 Å². The van der Waals surface area contributed by atoms with Crippen molar-refractivity contribution >= 4 is 64.1 Å². The van der Waals surface area contributed by atoms with Gasteiger partial charge in [0.1, 0.15) is 0 Å². The summed E-state index contributed by atoms with van der Waals surface area (Å²) in [5, 5.41) is 16.2. The van der Waals surface area contributed by atoms with E-state index >= 15 is 0 Å². The van der Waals surface area contributed by atoms with Crippen molar-refractivity contribution in [3.63, 3.8) is 0 Å². The average Bonchev–Trinajstić information content (AvgIpc) is 3.21. The Kier molecular flexibility index (Phi) is 9.24. The largest absolute Gasteiger partial charge is 0.342 e. The lowest BCUT2D eigenvalue weighted by Gasteiger charge is -2.22. The lowest BCUT2D eigenvalue weighted by Crippen LogP contribution is -2.34. The zero-order valence-electron chi connectivity index (χ0n) is 18.8. The van der Waals surface area contributed by atoms with Gasteiger partial charge >= 0.3 is 0 Å². The van der Waals surface area contributed by atoms with Crippen LogP contribution in [0.2, 0.25) is 15.1 Å². The maximum absolute atomic E-state index is 12.9. The van der Waals surface area contributed by atoms with E-state index in [2.05, 4.69) is 20.8 Å². The minimum absolute atomic E-state index is 0.0386. The molecule has 180 valence electrons. The molecule has 0 saturated heterocycles. The van der Waals surface area contributed by atoms with Crippen LogP contribution in [0.5, 0.6) is 0 Å². The summed E-state index contributed by atoms with van der Waals surface area (Å²) in [5.41, 5.74) is 0.950. The first kappa shape index (κ1) is 26.3. The quantitative estimate of drug-likeness (QED) is 0.319. The number of hydrogen-bond acceptors (Lipinski definition) is 5. The topological polar surface area (TPSA) is 88.9 Å². The van der Waals surface area contributed by atoms with Crippen molar-refractivity contribution < 1.29 is 9.59 Å². The normalized spacial score (nSPS) is 12.0. The summed E-state index contributed by atoms with van der Waals surface area (Å²) in [6.07, 6.45) is 0. The fourth-order valence-electron chi connectivity index (χ4n) is 3.23. The molecule has 7 nitrogen and oxygen atoms in total. The van der Waals surface area contributed by atoms with Crippen molar-refractivity contribution in [2.75, 3.05) is 11.1 Å². The Morgan fingerprint density at radius 2 is 1.76 bits per heavy atom. The smallest absolute Gasteiger partial charge is 0.253 e. The molecule has 11 heteroatoms. The van der Waals surface area contributed by atoms with E-state index in [4.69, 9.17) is 34.8 Å². The number of nitrogens with one attached hydrogen (secondary N) is 2. The van der Waals surface area contributed by atoms with Crippen molar-refractivity contribution in [3.05, 3.63) is 68.9 Å². The van der Waals surface area contributed by atoms with Gasteiger partial charge in [-0.1, -0.05) is 72.5 Å². The van der Waals surface area contributed by atoms with Gasteiger partial charge in [-0.15, -0.1) is 10.2 Å². The fraction of sp³-hybridized carbons (Fsp3) is 0.304. The van der Waals surface area contributed by atoms with Gasteiger partial charge < -0.3 is 15.2 Å². The molecule has 2 N–H and O–H groups in total. The van der Waals surface area contributed by atoms with E-state index in [0.29, 0.717) is 43.8 Å². The number of halogens is 3. The second-order valence-corrected chi connectivity index (χ2v) is 9.89. The first-order chi connectivity index (χ1) is 16.2. The minimum Gasteiger partial charge on any atom is -0.342 e. The molecule has 0 fully saturated rings. The zero-order chi connectivity index (χ0) is 24.8. The highest BCUT2D eigenvalue weighted by Crippen LogP contribution is 2.27. The molecule has 0 aliphatic heterocycles. The molecular formula is C23H24Cl3N5O2S. The Balaban J connectivity index is 1.72. The summed E-state index contributed by atoms with van der Waals surface area (Å²) in [6.45, 7) is 6.51. The van der Waals surface area contributed by atoms with Crippen molar-refractivity contribution in [3.8, 4) is 0 Å². The Bertz CT molecular complexity index is 1190. The van der Waals surface area contributed by atoms with Gasteiger partial charge in [0.25, 0.3) is 5.91 Å². The summed E-state index contributed by atoms with van der Waals surface area (Å²) in [5.74, 6) is 0.270. The minimum atomic E-state index is -0.393. The number of carbonyl (C=O) groups is 2. The Morgan fingerprint density at radius 3 is 2.41 bits per heavy atom. The molecule has 0 aliphatic rings. The molecule has 0 spiro atoms. The summed E-state index contributed by atoms with van der Waals surface area (Å²) < 4.78 is 1.90. The number of nitrogens with zero attached hydrogens (tertiary/aromatic N) is 3. The van der Waals surface area contributed by atoms with Crippen LogP contribution in [0.1, 0.15) is 43.0 Å². The second-order valence-electron chi connectivity index (χ2n) is 7.73. The molecule has 1 heterocycles. The van der Waals surface area contributed by atoms with E-state index in [1.807, 2.05) is 25.3 Å². The Morgan fingerprint density at radius 1 is 1.03 bits per heavy atom. The highest BCUT2D eigenvalue weighted by molar-refractivity contribution is 7.99. The number of amides is 2. The number of benzene rings is 2. The number of thioether (sulfide) groups is 1. The van der Waals surface area contributed by atoms with E-state index in [-0.39, 0.29) is 23.5 Å². The lowest BCUT2D eigenvalue weighted by atomic mass is 10.0. The number of hydrogen-bond donors (Lipinski definition) is 2. The highest BCUT2D eigenvalue weighted by atomic mass is 35.5. The monoisotopic (exact) mass is 539 g/mol. The molecule has 0 unspecified atom stereocenters. The van der Waals surface area contributed by atoms with Gasteiger partial charge in [-0.05, 0) is 43.2 Å². The summed E-state index contributed by atoms with van der Waals surface area (Å²) in [7, 11) is 0. The molecule has 1 atom stereocenters. The van der Waals surface area contributed by atoms with Gasteiger partial charge in [0.2, 0.25) is 5.91 Å². The van der Waals surface area contributed by atoms with Gasteiger partial charge in [0.15, 0.2) is 11.0 Å². The van der Waals surface area contributed by atoms with E-state index in [0.717, 1.165) is 0 Å². The number of carbonyl (C=O) groups excluding carboxylic acids is 2. The van der Waals surface area contributed by atoms with Crippen LogP contribution in [0.3, 0.4) is 0 Å². The zero-order valence-corrected chi connectivity index (χ0v) is 21.9. The van der Waals surface area contributed by atoms with Crippen LogP contribution in [0.25, 0.3) is 0 Å². The Labute approximate surface area is 217 Å². The molecule has 3 rings (SSSR count). The summed E-state index contributed by atoms with van der Waals surface area (Å²) in [6, 6.07) is 11.4. The molecule has 0 radical (unpaired) electrons. The molecule has 0 aliphatic carbocycles. The maximum Gasteiger partial charge on any atom is 0.253 e. The summed E-state index contributed by atoms with van der Waals surface area (Å²) in [4.78, 5) is 25.3. The number of rotatable bonds is 9. The molecule has 0 saturated carbocycles. The molecule has 3 aromatic rings. The van der Waals surface area contributed by atoms with Crippen LogP contribution >= 0.6 is 46.6 Å². The van der Waals surface area contributed by atoms with E-state index in [9.17, 15) is 9.59 Å². The van der Waals surface area contributed by atoms with Crippen LogP contribution in [-0.4, -0.2) is 32.3 Å². The third kappa shape index (κ3) is 6.44. The molecule has 34 heavy (non-hydrogen) atoms. The molecular weight excluding hydrogens is 517 g/mol. The van der Waals surface area contributed by atoms with Gasteiger partial charge in [-0.25, -0.2) is 0 Å². The molecule has 1 aromatic heterocycles. The SMILES string of the molecule is CCn1c(SCC(=O)Nc2ccc(Cl)c(Cl)c2)nnc1[C@H](NC(=O)c1ccccc1Cl)C(C)C. The first-order valence-electron chi connectivity index (χ1n) is 10.6. The standard InChI is InChI=1S/C23H24Cl3N5O2S/c1-4-31-21(20(13(2)3)28-22(33)15-7-5-6-8-16(15)24)29-30-23(31)34-12-19(32)27-14-9-10-17(25)18(26)11-14/h5-11,13,20H,4,12H2,1-3H3,(H,27,32)(H,28,33)/t20-/m1/s1. The predicted octanol–water partition coefficient (Wildman–Crippen LogP) is 6.12. The maximum atomic E-state index is 12.9. The number of aromatic nitrogens is 3. The van der Waals surface area contributed by atoms with Gasteiger partial charge in [-0.2, -0.15) is 0 Å². The molecule has 0 bridgehead atoms. The van der Waals surface area contributed by atoms with Crippen LogP contribution in [0.15, 0.2) is 47.6 Å². The average molecular weight is 541 g/mol. The summed E-state index contributed by atoms with van der Waals surface area (Å²) >= 11 is 19.4. The van der Waals surface area contributed by atoms with Crippen LogP contribution in [-0.2, 0) is 11.3 Å². The Hall–Kier alpha value is -2.26. The van der Waals surface area contributed by atoms with E-state index in [1.165, 1.54) is 11.8 Å². The van der Waals surface area contributed by atoms with Crippen molar-refractivity contribution in [1.29, 1.82) is 0 Å². The van der Waals surface area contributed by atoms with Gasteiger partial charge in [0, 0.05) is 12.2 Å². The highest BCUT2D eigenvalue weighted by Gasteiger charge is 2.26. The van der Waals surface area contributed by atoms with Gasteiger partial charge in [-0.3, -0.25) is 9.59 Å². The molecule has 2 aromatic carbocycles. The van der Waals surface area contributed by atoms with Crippen LogP contribution in [0, 0.1) is 5.92 Å². The van der Waals surface area contributed by atoms with E-state index < -0.39 is 6.04 Å². The predicted molar refractivity (Wildman–Crippen MR) is 138 cm³/mol. The van der Waals surface area contributed by atoms with Crippen molar-refractivity contribution in [2.24, 2.45) is 5.92 Å². The second kappa shape index (κ2) is 11.9. The fourth-order valence-corrected chi connectivity index (χ4v) is 4.56. The first-order valence-corrected chi connectivity index (χ1v) is 12.7. The number of anilines is 1. The third-order valence-corrected chi connectivity index (χ3v) is 6.98. The lowest BCUT2D eigenvalue weighted by molar-refractivity contribution is -0.113. The van der Waals surface area contributed by atoms with Crippen molar-refractivity contribution in [2.45, 2.75) is 38.5 Å². The van der Waals surface area contributed by atoms with Crippen LogP contribution in [0.4, 0.5) is 5.69 Å². The molecule has 2 amide bonds. The van der Waals surface area contributed by atoms with E-state index in [1.54, 1.807) is 42.5 Å². The van der Waals surface area contributed by atoms with Crippen molar-refractivity contribution in [1.82, 2.24) is 20.1 Å².